The van der Waals surface area contributed by atoms with Crippen LogP contribution in [0.15, 0.2) is 0 Å². The molecule has 0 saturated heterocycles. The molecule has 18 heavy (non-hydrogen) atoms. The van der Waals surface area contributed by atoms with Gasteiger partial charge in [-0.25, -0.2) is 0 Å². The molecule has 3 heteroatoms. The van der Waals surface area contributed by atoms with Gasteiger partial charge in [-0.2, -0.15) is 0 Å². The molecule has 1 N–H and O–H groups in total. The third kappa shape index (κ3) is 4.91. The van der Waals surface area contributed by atoms with Crippen molar-refractivity contribution in [2.75, 3.05) is 5.33 Å². The molecule has 1 amide bonds. The van der Waals surface area contributed by atoms with Gasteiger partial charge in [-0.1, -0.05) is 55.5 Å². The van der Waals surface area contributed by atoms with E-state index in [0.29, 0.717) is 5.92 Å². The Kier molecular flexibility index (Phi) is 7.28. The first-order valence-corrected chi connectivity index (χ1v) is 8.65. The summed E-state index contributed by atoms with van der Waals surface area (Å²) in [5.74, 6) is 0.874. The largest absolute Gasteiger partial charge is 0.350 e. The average molecular weight is 318 g/mol. The van der Waals surface area contributed by atoms with Crippen LogP contribution in [0.25, 0.3) is 0 Å². The van der Waals surface area contributed by atoms with Gasteiger partial charge in [0.1, 0.15) is 0 Å². The van der Waals surface area contributed by atoms with Crippen LogP contribution in [0.4, 0.5) is 0 Å². The van der Waals surface area contributed by atoms with Crippen molar-refractivity contribution >= 4 is 21.8 Å². The van der Waals surface area contributed by atoms with Crippen LogP contribution >= 0.6 is 15.9 Å². The number of amides is 1. The molecule has 1 fully saturated rings. The van der Waals surface area contributed by atoms with Crippen LogP contribution in [-0.4, -0.2) is 16.8 Å². The summed E-state index contributed by atoms with van der Waals surface area (Å²) in [7, 11) is 0. The minimum atomic E-state index is -0.0399. The maximum absolute atomic E-state index is 12.2. The standard InChI is InChI=1S/C15H28BrNO/c1-3-15(4-2,12-16)17-14(18)11-13-9-7-5-6-8-10-13/h13H,3-12H2,1-2H3,(H,17,18). The Morgan fingerprint density at radius 2 is 1.72 bits per heavy atom. The molecule has 0 aliphatic heterocycles. The second-order valence-electron chi connectivity index (χ2n) is 5.73. The molecule has 0 bridgehead atoms. The molecule has 106 valence electrons. The van der Waals surface area contributed by atoms with Crippen molar-refractivity contribution in [2.24, 2.45) is 5.92 Å². The molecule has 1 aliphatic carbocycles. The van der Waals surface area contributed by atoms with Crippen LogP contribution in [0.3, 0.4) is 0 Å². The Hall–Kier alpha value is -0.0500. The van der Waals surface area contributed by atoms with Gasteiger partial charge < -0.3 is 5.32 Å². The molecule has 0 spiro atoms. The lowest BCUT2D eigenvalue weighted by atomic mass is 9.92. The van der Waals surface area contributed by atoms with Gasteiger partial charge in [-0.3, -0.25) is 4.79 Å². The molecule has 2 nitrogen and oxygen atoms in total. The predicted octanol–water partition coefficient (Wildman–Crippen LogP) is 4.42. The predicted molar refractivity (Wildman–Crippen MR) is 81.1 cm³/mol. The van der Waals surface area contributed by atoms with Gasteiger partial charge in [0.05, 0.1) is 0 Å². The van der Waals surface area contributed by atoms with Crippen LogP contribution in [0, 0.1) is 5.92 Å². The second-order valence-corrected chi connectivity index (χ2v) is 6.29. The van der Waals surface area contributed by atoms with E-state index in [9.17, 15) is 4.79 Å². The molecule has 0 aromatic heterocycles. The van der Waals surface area contributed by atoms with Crippen molar-refractivity contribution in [2.45, 2.75) is 77.2 Å². The average Bonchev–Trinajstić information content (AvgIpc) is 2.65. The number of rotatable bonds is 6. The van der Waals surface area contributed by atoms with Gasteiger partial charge in [0, 0.05) is 17.3 Å². The Morgan fingerprint density at radius 1 is 1.17 bits per heavy atom. The van der Waals surface area contributed by atoms with Crippen molar-refractivity contribution in [3.63, 3.8) is 0 Å². The highest BCUT2D eigenvalue weighted by molar-refractivity contribution is 9.09. The normalized spacial score (nSPS) is 18.4. The highest BCUT2D eigenvalue weighted by atomic mass is 79.9. The van der Waals surface area contributed by atoms with Crippen LogP contribution in [-0.2, 0) is 4.79 Å². The van der Waals surface area contributed by atoms with Crippen molar-refractivity contribution in [1.29, 1.82) is 0 Å². The third-order valence-electron chi connectivity index (χ3n) is 4.46. The maximum Gasteiger partial charge on any atom is 0.220 e. The van der Waals surface area contributed by atoms with Gasteiger partial charge in [0.2, 0.25) is 5.91 Å². The first-order valence-electron chi connectivity index (χ1n) is 7.52. The minimum Gasteiger partial charge on any atom is -0.350 e. The van der Waals surface area contributed by atoms with Crippen molar-refractivity contribution in [3.05, 3.63) is 0 Å². The zero-order chi connectivity index (χ0) is 13.4. The van der Waals surface area contributed by atoms with E-state index >= 15 is 0 Å². The molecule has 0 atom stereocenters. The zero-order valence-corrected chi connectivity index (χ0v) is 13.5. The number of carbonyl (C=O) groups is 1. The molecule has 0 aromatic rings. The Morgan fingerprint density at radius 3 is 2.17 bits per heavy atom. The van der Waals surface area contributed by atoms with Gasteiger partial charge >= 0.3 is 0 Å². The first-order chi connectivity index (χ1) is 8.65. The van der Waals surface area contributed by atoms with Gasteiger partial charge in [0.15, 0.2) is 0 Å². The zero-order valence-electron chi connectivity index (χ0n) is 11.9. The fraction of sp³-hybridized carbons (Fsp3) is 0.933. The summed E-state index contributed by atoms with van der Waals surface area (Å²) >= 11 is 3.54. The first kappa shape index (κ1) is 16.0. The Bertz CT molecular complexity index is 235. The van der Waals surface area contributed by atoms with Crippen LogP contribution < -0.4 is 5.32 Å². The molecule has 0 unspecified atom stereocenters. The van der Waals surface area contributed by atoms with E-state index in [-0.39, 0.29) is 11.4 Å². The molecule has 0 heterocycles. The number of alkyl halides is 1. The number of nitrogens with one attached hydrogen (secondary N) is 1. The van der Waals surface area contributed by atoms with Crippen LogP contribution in [0.2, 0.25) is 0 Å². The monoisotopic (exact) mass is 317 g/mol. The third-order valence-corrected chi connectivity index (χ3v) is 5.54. The topological polar surface area (TPSA) is 29.1 Å². The second kappa shape index (κ2) is 8.19. The summed E-state index contributed by atoms with van der Waals surface area (Å²) < 4.78 is 0. The summed E-state index contributed by atoms with van der Waals surface area (Å²) in [6.07, 6.45) is 10.5. The SMILES string of the molecule is CCC(CC)(CBr)NC(=O)CC1CCCCCC1. The quantitative estimate of drug-likeness (QED) is 0.570. The van der Waals surface area contributed by atoms with Crippen LogP contribution in [0.1, 0.15) is 71.6 Å². The molecule has 0 aromatic carbocycles. The minimum absolute atomic E-state index is 0.0399. The molecule has 0 radical (unpaired) electrons. The van der Waals surface area contributed by atoms with E-state index in [1.54, 1.807) is 0 Å². The van der Waals surface area contributed by atoms with Crippen LogP contribution in [0.5, 0.6) is 0 Å². The highest BCUT2D eigenvalue weighted by Crippen LogP contribution is 2.26. The Labute approximate surface area is 120 Å². The Balaban J connectivity index is 2.43. The fourth-order valence-corrected chi connectivity index (χ4v) is 3.76. The fourth-order valence-electron chi connectivity index (χ4n) is 2.83. The number of hydrogen-bond donors (Lipinski definition) is 1. The van der Waals surface area contributed by atoms with Crippen molar-refractivity contribution in [1.82, 2.24) is 5.32 Å². The van der Waals surface area contributed by atoms with E-state index < -0.39 is 0 Å². The lowest BCUT2D eigenvalue weighted by Crippen LogP contribution is -2.49. The van der Waals surface area contributed by atoms with Crippen molar-refractivity contribution in [3.8, 4) is 0 Å². The van der Waals surface area contributed by atoms with E-state index in [2.05, 4.69) is 35.1 Å². The lowest BCUT2D eigenvalue weighted by molar-refractivity contribution is -0.123. The van der Waals surface area contributed by atoms with Crippen molar-refractivity contribution < 1.29 is 4.79 Å². The van der Waals surface area contributed by atoms with E-state index in [1.165, 1.54) is 38.5 Å². The van der Waals surface area contributed by atoms with E-state index in [4.69, 9.17) is 0 Å². The summed E-state index contributed by atoms with van der Waals surface area (Å²) in [5, 5.41) is 4.11. The summed E-state index contributed by atoms with van der Waals surface area (Å²) in [4.78, 5) is 12.2. The number of carbonyl (C=O) groups excluding carboxylic acids is 1. The maximum atomic E-state index is 12.2. The molecule has 1 rings (SSSR count). The molecular formula is C15H28BrNO. The summed E-state index contributed by atoms with van der Waals surface area (Å²) in [5.41, 5.74) is -0.0399. The summed E-state index contributed by atoms with van der Waals surface area (Å²) in [6, 6.07) is 0. The molecular weight excluding hydrogens is 290 g/mol. The summed E-state index contributed by atoms with van der Waals surface area (Å²) in [6.45, 7) is 4.30. The number of halogens is 1. The lowest BCUT2D eigenvalue weighted by Gasteiger charge is -2.31. The number of hydrogen-bond acceptors (Lipinski definition) is 1. The molecule has 1 saturated carbocycles. The molecule has 1 aliphatic rings. The van der Waals surface area contributed by atoms with Gasteiger partial charge in [-0.15, -0.1) is 0 Å². The van der Waals surface area contributed by atoms with E-state index in [0.717, 1.165) is 24.6 Å². The smallest absolute Gasteiger partial charge is 0.220 e. The highest BCUT2D eigenvalue weighted by Gasteiger charge is 2.27. The van der Waals surface area contributed by atoms with Gasteiger partial charge in [-0.05, 0) is 31.6 Å². The van der Waals surface area contributed by atoms with E-state index in [1.807, 2.05) is 0 Å². The van der Waals surface area contributed by atoms with Gasteiger partial charge in [0.25, 0.3) is 0 Å².